The smallest absolute Gasteiger partial charge is 0.164 e. The molecule has 0 amide bonds. The highest BCUT2D eigenvalue weighted by atomic mass is 79.9. The third kappa shape index (κ3) is 2.26. The maximum absolute atomic E-state index is 9.95. The van der Waals surface area contributed by atoms with Gasteiger partial charge in [0, 0.05) is 10.0 Å². The van der Waals surface area contributed by atoms with Gasteiger partial charge < -0.3 is 14.9 Å². The number of aromatic hydroxyl groups is 1. The minimum absolute atomic E-state index is 0.0255. The molecule has 0 radical (unpaired) electrons. The van der Waals surface area contributed by atoms with Crippen LogP contribution < -0.4 is 4.74 Å². The molecule has 15 heavy (non-hydrogen) atoms. The van der Waals surface area contributed by atoms with E-state index in [-0.39, 0.29) is 5.75 Å². The van der Waals surface area contributed by atoms with Crippen LogP contribution in [0.3, 0.4) is 0 Å². The number of aliphatic hydroxyl groups is 1. The van der Waals surface area contributed by atoms with Crippen molar-refractivity contribution in [3.63, 3.8) is 0 Å². The van der Waals surface area contributed by atoms with E-state index in [1.165, 1.54) is 7.11 Å². The zero-order valence-electron chi connectivity index (χ0n) is 9.26. The fourth-order valence-corrected chi connectivity index (χ4v) is 2.25. The van der Waals surface area contributed by atoms with Gasteiger partial charge >= 0.3 is 0 Å². The molecule has 0 fully saturated rings. The molecule has 3 nitrogen and oxygen atoms in total. The second-order valence-electron chi connectivity index (χ2n) is 3.99. The van der Waals surface area contributed by atoms with E-state index in [2.05, 4.69) is 15.9 Å². The van der Waals surface area contributed by atoms with Gasteiger partial charge in [0.25, 0.3) is 0 Å². The summed E-state index contributed by atoms with van der Waals surface area (Å²) in [5.74, 6) is 0.343. The van der Waals surface area contributed by atoms with Gasteiger partial charge in [-0.25, -0.2) is 0 Å². The molecule has 0 atom stereocenters. The van der Waals surface area contributed by atoms with E-state index in [1.54, 1.807) is 19.9 Å². The first kappa shape index (κ1) is 12.3. The van der Waals surface area contributed by atoms with Crippen molar-refractivity contribution in [2.75, 3.05) is 7.11 Å². The molecule has 0 unspecified atom stereocenters. The van der Waals surface area contributed by atoms with Crippen LogP contribution in [0.25, 0.3) is 0 Å². The fourth-order valence-electron chi connectivity index (χ4n) is 1.47. The van der Waals surface area contributed by atoms with Gasteiger partial charge in [0.05, 0.1) is 12.7 Å². The average Bonchev–Trinajstić information content (AvgIpc) is 2.09. The lowest BCUT2D eigenvalue weighted by atomic mass is 9.95. The van der Waals surface area contributed by atoms with Crippen LogP contribution in [-0.4, -0.2) is 17.3 Å². The molecule has 0 aromatic heterocycles. The lowest BCUT2D eigenvalue weighted by molar-refractivity contribution is 0.0744. The molecule has 0 heterocycles. The second kappa shape index (κ2) is 4.02. The van der Waals surface area contributed by atoms with E-state index in [1.807, 2.05) is 6.92 Å². The van der Waals surface area contributed by atoms with Gasteiger partial charge in [0.1, 0.15) is 0 Å². The number of aryl methyl sites for hydroxylation is 1. The van der Waals surface area contributed by atoms with Crippen molar-refractivity contribution in [1.82, 2.24) is 0 Å². The van der Waals surface area contributed by atoms with Gasteiger partial charge in [0.15, 0.2) is 11.5 Å². The van der Waals surface area contributed by atoms with Gasteiger partial charge in [0.2, 0.25) is 0 Å². The van der Waals surface area contributed by atoms with Crippen LogP contribution in [0, 0.1) is 6.92 Å². The highest BCUT2D eigenvalue weighted by Crippen LogP contribution is 2.43. The summed E-state index contributed by atoms with van der Waals surface area (Å²) in [6.07, 6.45) is 0. The molecule has 0 aliphatic rings. The number of methoxy groups -OCH3 is 1. The minimum atomic E-state index is -1.12. The molecular formula is C11H15BrO3. The van der Waals surface area contributed by atoms with Crippen molar-refractivity contribution in [1.29, 1.82) is 0 Å². The summed E-state index contributed by atoms with van der Waals surface area (Å²) in [6, 6.07) is 1.72. The van der Waals surface area contributed by atoms with Crippen LogP contribution in [0.5, 0.6) is 11.5 Å². The van der Waals surface area contributed by atoms with E-state index in [4.69, 9.17) is 4.74 Å². The summed E-state index contributed by atoms with van der Waals surface area (Å²) >= 11 is 3.35. The van der Waals surface area contributed by atoms with Crippen LogP contribution in [0.15, 0.2) is 10.5 Å². The van der Waals surface area contributed by atoms with Crippen molar-refractivity contribution < 1.29 is 14.9 Å². The van der Waals surface area contributed by atoms with Crippen LogP contribution in [0.4, 0.5) is 0 Å². The fraction of sp³-hybridized carbons (Fsp3) is 0.455. The molecule has 2 N–H and O–H groups in total. The van der Waals surface area contributed by atoms with E-state index in [0.29, 0.717) is 15.8 Å². The van der Waals surface area contributed by atoms with E-state index in [0.717, 1.165) is 5.56 Å². The predicted octanol–water partition coefficient (Wildman–Crippen LogP) is 2.70. The summed E-state index contributed by atoms with van der Waals surface area (Å²) in [4.78, 5) is 0. The van der Waals surface area contributed by atoms with Crippen molar-refractivity contribution in [2.24, 2.45) is 0 Å². The molecule has 84 valence electrons. The Morgan fingerprint density at radius 3 is 2.33 bits per heavy atom. The molecule has 0 saturated carbocycles. The molecule has 0 spiro atoms. The molecule has 0 saturated heterocycles. The summed E-state index contributed by atoms with van der Waals surface area (Å²) in [5, 5.41) is 19.9. The number of hydrogen-bond donors (Lipinski definition) is 2. The topological polar surface area (TPSA) is 49.7 Å². The third-order valence-electron chi connectivity index (χ3n) is 2.22. The summed E-state index contributed by atoms with van der Waals surface area (Å²) in [6.45, 7) is 5.11. The zero-order valence-corrected chi connectivity index (χ0v) is 10.8. The molecule has 0 bridgehead atoms. The Balaban J connectivity index is 3.55. The predicted molar refractivity (Wildman–Crippen MR) is 62.3 cm³/mol. The number of ether oxygens (including phenoxy) is 1. The highest BCUT2D eigenvalue weighted by Gasteiger charge is 2.27. The first-order valence-corrected chi connectivity index (χ1v) is 5.37. The van der Waals surface area contributed by atoms with Crippen LogP contribution >= 0.6 is 15.9 Å². The van der Waals surface area contributed by atoms with Crippen molar-refractivity contribution in [3.05, 3.63) is 21.7 Å². The monoisotopic (exact) mass is 274 g/mol. The normalized spacial score (nSPS) is 11.6. The van der Waals surface area contributed by atoms with E-state index in [9.17, 15) is 10.2 Å². The van der Waals surface area contributed by atoms with Crippen LogP contribution in [-0.2, 0) is 5.60 Å². The Bertz CT molecular complexity index is 380. The van der Waals surface area contributed by atoms with Crippen molar-refractivity contribution in [2.45, 2.75) is 26.4 Å². The Morgan fingerprint density at radius 1 is 1.40 bits per heavy atom. The lowest BCUT2D eigenvalue weighted by Crippen LogP contribution is -2.17. The molecule has 0 aliphatic carbocycles. The maximum Gasteiger partial charge on any atom is 0.164 e. The van der Waals surface area contributed by atoms with Crippen molar-refractivity contribution in [3.8, 4) is 11.5 Å². The van der Waals surface area contributed by atoms with E-state index >= 15 is 0 Å². The van der Waals surface area contributed by atoms with Crippen LogP contribution in [0.2, 0.25) is 0 Å². The zero-order chi connectivity index (χ0) is 11.8. The van der Waals surface area contributed by atoms with Gasteiger partial charge in [-0.1, -0.05) is 0 Å². The number of benzene rings is 1. The Hall–Kier alpha value is -0.740. The van der Waals surface area contributed by atoms with Gasteiger partial charge in [-0.2, -0.15) is 0 Å². The molecular weight excluding hydrogens is 260 g/mol. The quantitative estimate of drug-likeness (QED) is 0.872. The van der Waals surface area contributed by atoms with Gasteiger partial charge in [-0.3, -0.25) is 0 Å². The van der Waals surface area contributed by atoms with E-state index < -0.39 is 5.60 Å². The van der Waals surface area contributed by atoms with Gasteiger partial charge in [-0.05, 0) is 48.3 Å². The highest BCUT2D eigenvalue weighted by molar-refractivity contribution is 9.10. The molecule has 1 rings (SSSR count). The minimum Gasteiger partial charge on any atom is -0.504 e. The Kier molecular flexibility index (Phi) is 3.31. The van der Waals surface area contributed by atoms with Crippen molar-refractivity contribution >= 4 is 15.9 Å². The number of phenols is 1. The first-order chi connectivity index (χ1) is 6.79. The number of halogens is 1. The second-order valence-corrected chi connectivity index (χ2v) is 4.79. The Morgan fingerprint density at radius 2 is 1.93 bits per heavy atom. The number of phenolic OH excluding ortho intramolecular Hbond substituents is 1. The van der Waals surface area contributed by atoms with Gasteiger partial charge in [-0.15, -0.1) is 0 Å². The molecule has 1 aromatic carbocycles. The average molecular weight is 275 g/mol. The SMILES string of the molecule is COc1cc(C)c(Br)c(C(C)(C)O)c1O. The molecule has 1 aromatic rings. The summed E-state index contributed by atoms with van der Waals surface area (Å²) < 4.78 is 5.74. The third-order valence-corrected chi connectivity index (χ3v) is 3.24. The van der Waals surface area contributed by atoms with Crippen LogP contribution in [0.1, 0.15) is 25.0 Å². The number of rotatable bonds is 2. The number of hydrogen-bond acceptors (Lipinski definition) is 3. The molecule has 0 aliphatic heterocycles. The maximum atomic E-state index is 9.95. The summed E-state index contributed by atoms with van der Waals surface area (Å²) in [5.41, 5.74) is 0.225. The Labute approximate surface area is 97.8 Å². The lowest BCUT2D eigenvalue weighted by Gasteiger charge is -2.23. The largest absolute Gasteiger partial charge is 0.504 e. The molecule has 4 heteroatoms. The standard InChI is InChI=1S/C11H15BrO3/c1-6-5-7(15-4)10(13)8(9(6)12)11(2,3)14/h5,13-14H,1-4H3. The first-order valence-electron chi connectivity index (χ1n) is 4.58. The summed E-state index contributed by atoms with van der Waals surface area (Å²) in [7, 11) is 1.48.